The maximum atomic E-state index is 11.9. The fourth-order valence-electron chi connectivity index (χ4n) is 3.39. The van der Waals surface area contributed by atoms with Crippen LogP contribution in [0.3, 0.4) is 0 Å². The van der Waals surface area contributed by atoms with E-state index in [1.807, 2.05) is 17.0 Å². The minimum absolute atomic E-state index is 0.0487. The Labute approximate surface area is 160 Å². The van der Waals surface area contributed by atoms with Gasteiger partial charge in [0.1, 0.15) is 12.4 Å². The molecule has 6 nitrogen and oxygen atoms in total. The number of nitrogens with one attached hydrogen (secondary N) is 1. The largest absolute Gasteiger partial charge is 0.493 e. The highest BCUT2D eigenvalue weighted by Crippen LogP contribution is 2.26. The molecule has 1 saturated heterocycles. The number of aromatic amines is 1. The van der Waals surface area contributed by atoms with Gasteiger partial charge in [-0.2, -0.15) is 5.10 Å². The third-order valence-corrected chi connectivity index (χ3v) is 5.06. The third kappa shape index (κ3) is 5.10. The average molecular weight is 371 g/mol. The van der Waals surface area contributed by atoms with Gasteiger partial charge >= 0.3 is 0 Å². The Morgan fingerprint density at radius 2 is 2.11 bits per heavy atom. The predicted octanol–water partition coefficient (Wildman–Crippen LogP) is 3.12. The number of carbonyl (C=O) groups excluding carboxylic acids is 1. The van der Waals surface area contributed by atoms with E-state index in [2.05, 4.69) is 42.2 Å². The Balaban J connectivity index is 1.46. The molecule has 27 heavy (non-hydrogen) atoms. The molecule has 0 aliphatic carbocycles. The monoisotopic (exact) mass is 371 g/mol. The first kappa shape index (κ1) is 19.4. The third-order valence-electron chi connectivity index (χ3n) is 5.06. The summed E-state index contributed by atoms with van der Waals surface area (Å²) < 4.78 is 10.8. The number of aromatic nitrogens is 2. The van der Waals surface area contributed by atoms with Crippen LogP contribution >= 0.6 is 0 Å². The fraction of sp³-hybridized carbons (Fsp3) is 0.524. The van der Waals surface area contributed by atoms with Gasteiger partial charge in [0.2, 0.25) is 5.91 Å². The molecule has 0 unspecified atom stereocenters. The van der Waals surface area contributed by atoms with Crippen LogP contribution in [0, 0.1) is 0 Å². The highest BCUT2D eigenvalue weighted by Gasteiger charge is 2.28. The minimum atomic E-state index is 0.0487. The Hall–Kier alpha value is -2.34. The van der Waals surface area contributed by atoms with E-state index in [1.54, 1.807) is 7.11 Å². The van der Waals surface area contributed by atoms with Gasteiger partial charge in [-0.1, -0.05) is 26.0 Å². The summed E-state index contributed by atoms with van der Waals surface area (Å²) in [6, 6.07) is 10.4. The van der Waals surface area contributed by atoms with Gasteiger partial charge in [-0.25, -0.2) is 0 Å². The quantitative estimate of drug-likeness (QED) is 0.774. The number of rotatable bonds is 8. The summed E-state index contributed by atoms with van der Waals surface area (Å²) in [4.78, 5) is 13.8. The van der Waals surface area contributed by atoms with Crippen molar-refractivity contribution in [1.82, 2.24) is 15.1 Å². The minimum Gasteiger partial charge on any atom is -0.493 e. The number of hydrogen-bond acceptors (Lipinski definition) is 4. The van der Waals surface area contributed by atoms with E-state index in [9.17, 15) is 4.79 Å². The smallest absolute Gasteiger partial charge is 0.248 e. The molecule has 1 aromatic heterocycles. The van der Waals surface area contributed by atoms with Crippen molar-refractivity contribution in [3.63, 3.8) is 0 Å². The molecule has 1 fully saturated rings. The summed E-state index contributed by atoms with van der Waals surface area (Å²) >= 11 is 0. The molecule has 1 aliphatic rings. The Bertz CT molecular complexity index is 739. The number of ether oxygens (including phenoxy) is 2. The van der Waals surface area contributed by atoms with Gasteiger partial charge in [-0.05, 0) is 36.1 Å². The lowest BCUT2D eigenvalue weighted by Crippen LogP contribution is -2.31. The first-order valence-electron chi connectivity index (χ1n) is 9.60. The van der Waals surface area contributed by atoms with Crippen LogP contribution in [0.5, 0.6) is 5.75 Å². The van der Waals surface area contributed by atoms with Crippen molar-refractivity contribution in [1.29, 1.82) is 0 Å². The standard InChI is InChI=1S/C21H29N3O3/c1-15(2)16-4-6-19(7-5-16)27-11-9-18-12-20(23-22-18)17-8-10-24(13-17)21(25)14-26-3/h4-7,12,15,17H,8-11,13-14H2,1-3H3,(H,22,23)/t17-/m1/s1. The summed E-state index contributed by atoms with van der Waals surface area (Å²) in [5.74, 6) is 1.76. The molecule has 0 spiro atoms. The number of methoxy groups -OCH3 is 1. The molecule has 0 bridgehead atoms. The van der Waals surface area contributed by atoms with E-state index in [1.165, 1.54) is 5.56 Å². The zero-order chi connectivity index (χ0) is 19.2. The highest BCUT2D eigenvalue weighted by molar-refractivity contribution is 5.77. The molecule has 3 rings (SSSR count). The van der Waals surface area contributed by atoms with Gasteiger partial charge in [0.05, 0.1) is 12.3 Å². The molecule has 1 N–H and O–H groups in total. The van der Waals surface area contributed by atoms with Gasteiger partial charge < -0.3 is 14.4 Å². The molecule has 2 heterocycles. The predicted molar refractivity (Wildman–Crippen MR) is 104 cm³/mol. The Kier molecular flexibility index (Phi) is 6.50. The topological polar surface area (TPSA) is 67.4 Å². The second-order valence-corrected chi connectivity index (χ2v) is 7.40. The summed E-state index contributed by atoms with van der Waals surface area (Å²) in [6.07, 6.45) is 1.72. The summed E-state index contributed by atoms with van der Waals surface area (Å²) in [7, 11) is 1.55. The molecule has 0 saturated carbocycles. The summed E-state index contributed by atoms with van der Waals surface area (Å²) in [5, 5.41) is 7.55. The van der Waals surface area contributed by atoms with Crippen molar-refractivity contribution in [3.8, 4) is 5.75 Å². The number of nitrogens with zero attached hydrogens (tertiary/aromatic N) is 2. The molecule has 1 aliphatic heterocycles. The maximum Gasteiger partial charge on any atom is 0.248 e. The van der Waals surface area contributed by atoms with Crippen LogP contribution in [-0.4, -0.2) is 54.4 Å². The zero-order valence-corrected chi connectivity index (χ0v) is 16.4. The SMILES string of the molecule is COCC(=O)N1CC[C@@H](c2cc(CCOc3ccc(C(C)C)cc3)[nH]n2)C1. The van der Waals surface area contributed by atoms with Gasteiger partial charge in [-0.15, -0.1) is 0 Å². The van der Waals surface area contributed by atoms with Gasteiger partial charge in [0.15, 0.2) is 0 Å². The highest BCUT2D eigenvalue weighted by atomic mass is 16.5. The van der Waals surface area contributed by atoms with Crippen LogP contribution in [0.1, 0.15) is 49.1 Å². The Morgan fingerprint density at radius 1 is 1.33 bits per heavy atom. The number of hydrogen-bond donors (Lipinski definition) is 1. The van der Waals surface area contributed by atoms with Gasteiger partial charge in [0, 0.05) is 38.2 Å². The molecule has 1 amide bonds. The van der Waals surface area contributed by atoms with Gasteiger partial charge in [-0.3, -0.25) is 9.89 Å². The average Bonchev–Trinajstić information content (AvgIpc) is 3.32. The lowest BCUT2D eigenvalue weighted by Gasteiger charge is -2.15. The number of amides is 1. The van der Waals surface area contributed by atoms with Crippen LogP contribution in [0.2, 0.25) is 0 Å². The van der Waals surface area contributed by atoms with Crippen molar-refractivity contribution in [2.45, 2.75) is 38.5 Å². The number of benzene rings is 1. The number of carbonyl (C=O) groups is 1. The van der Waals surface area contributed by atoms with Crippen molar-refractivity contribution < 1.29 is 14.3 Å². The first-order valence-corrected chi connectivity index (χ1v) is 9.60. The Morgan fingerprint density at radius 3 is 2.81 bits per heavy atom. The van der Waals surface area contributed by atoms with Crippen molar-refractivity contribution >= 4 is 5.91 Å². The second-order valence-electron chi connectivity index (χ2n) is 7.40. The fourth-order valence-corrected chi connectivity index (χ4v) is 3.39. The maximum absolute atomic E-state index is 11.9. The van der Waals surface area contributed by atoms with Crippen molar-refractivity contribution in [2.24, 2.45) is 0 Å². The van der Waals surface area contributed by atoms with Crippen LogP contribution in [0.25, 0.3) is 0 Å². The van der Waals surface area contributed by atoms with Crippen molar-refractivity contribution in [3.05, 3.63) is 47.3 Å². The van der Waals surface area contributed by atoms with Crippen LogP contribution < -0.4 is 4.74 Å². The molecule has 1 aromatic carbocycles. The van der Waals surface area contributed by atoms with E-state index in [0.29, 0.717) is 25.0 Å². The van der Waals surface area contributed by atoms with Gasteiger partial charge in [0.25, 0.3) is 0 Å². The van der Waals surface area contributed by atoms with Crippen LogP contribution in [-0.2, 0) is 16.0 Å². The van der Waals surface area contributed by atoms with E-state index in [-0.39, 0.29) is 12.5 Å². The lowest BCUT2D eigenvalue weighted by molar-refractivity contribution is -0.134. The van der Waals surface area contributed by atoms with E-state index >= 15 is 0 Å². The molecule has 146 valence electrons. The van der Waals surface area contributed by atoms with Crippen molar-refractivity contribution in [2.75, 3.05) is 33.4 Å². The molecule has 0 radical (unpaired) electrons. The summed E-state index contributed by atoms with van der Waals surface area (Å²) in [5.41, 5.74) is 3.40. The van der Waals surface area contributed by atoms with E-state index < -0.39 is 0 Å². The second kappa shape index (κ2) is 9.04. The molecule has 2 aromatic rings. The normalized spacial score (nSPS) is 16.9. The molecule has 1 atom stereocenters. The number of H-pyrrole nitrogens is 1. The van der Waals surface area contributed by atoms with Crippen LogP contribution in [0.4, 0.5) is 0 Å². The van der Waals surface area contributed by atoms with Crippen LogP contribution in [0.15, 0.2) is 30.3 Å². The summed E-state index contributed by atoms with van der Waals surface area (Å²) in [6.45, 7) is 6.60. The first-order chi connectivity index (χ1) is 13.1. The zero-order valence-electron chi connectivity index (χ0n) is 16.4. The molecular formula is C21H29N3O3. The molecular weight excluding hydrogens is 342 g/mol. The van der Waals surface area contributed by atoms with E-state index in [0.717, 1.165) is 36.5 Å². The number of likely N-dealkylation sites (tertiary alicyclic amines) is 1. The molecule has 6 heteroatoms. The van der Waals surface area contributed by atoms with E-state index in [4.69, 9.17) is 9.47 Å². The lowest BCUT2D eigenvalue weighted by atomic mass is 10.0.